The quantitative estimate of drug-likeness (QED) is 0.225. The first-order valence-corrected chi connectivity index (χ1v) is 8.82. The van der Waals surface area contributed by atoms with E-state index in [1.54, 1.807) is 19.9 Å². The Labute approximate surface area is 161 Å². The molecule has 9 nitrogen and oxygen atoms in total. The normalized spacial score (nSPS) is 22.6. The third kappa shape index (κ3) is 4.59. The average molecular weight is 394 g/mol. The van der Waals surface area contributed by atoms with Crippen LogP contribution in [0.2, 0.25) is 0 Å². The topological polar surface area (TPSA) is 125 Å². The van der Waals surface area contributed by atoms with Crippen molar-refractivity contribution < 1.29 is 43.2 Å². The lowest BCUT2D eigenvalue weighted by Gasteiger charge is -2.33. The van der Waals surface area contributed by atoms with Crippen molar-refractivity contribution in [3.05, 3.63) is 35.1 Å². The van der Waals surface area contributed by atoms with Crippen LogP contribution in [-0.2, 0) is 38.1 Å². The number of hydrogen-bond acceptors (Lipinski definition) is 8. The summed E-state index contributed by atoms with van der Waals surface area (Å²) >= 11 is 0. The molecule has 0 amide bonds. The maximum atomic E-state index is 12.2. The van der Waals surface area contributed by atoms with Crippen LogP contribution in [0.15, 0.2) is 35.1 Å². The van der Waals surface area contributed by atoms with Crippen molar-refractivity contribution in [1.82, 2.24) is 0 Å². The molecule has 1 N–H and O–H groups in total. The smallest absolute Gasteiger partial charge is 0.345 e. The van der Waals surface area contributed by atoms with Gasteiger partial charge in [0.2, 0.25) is 0 Å². The van der Waals surface area contributed by atoms with Gasteiger partial charge in [0.1, 0.15) is 5.57 Å². The molecule has 0 radical (unpaired) electrons. The van der Waals surface area contributed by atoms with Gasteiger partial charge in [0, 0.05) is 12.8 Å². The molecule has 0 fully saturated rings. The molecule has 28 heavy (non-hydrogen) atoms. The summed E-state index contributed by atoms with van der Waals surface area (Å²) in [7, 11) is 0. The molecular formula is C19H22O9. The van der Waals surface area contributed by atoms with Crippen molar-refractivity contribution >= 4 is 23.9 Å². The monoisotopic (exact) mass is 394 g/mol. The van der Waals surface area contributed by atoms with Crippen LogP contribution in [0.5, 0.6) is 0 Å². The van der Waals surface area contributed by atoms with E-state index in [0.717, 1.165) is 6.26 Å². The van der Waals surface area contributed by atoms with E-state index in [-0.39, 0.29) is 24.4 Å². The molecule has 9 heteroatoms. The van der Waals surface area contributed by atoms with Crippen molar-refractivity contribution in [1.29, 1.82) is 0 Å². The average Bonchev–Trinajstić information content (AvgIpc) is 3.03. The van der Waals surface area contributed by atoms with Gasteiger partial charge in [-0.2, -0.15) is 0 Å². The molecule has 0 aromatic carbocycles. The highest BCUT2D eigenvalue weighted by Gasteiger charge is 2.45. The highest BCUT2D eigenvalue weighted by atomic mass is 16.7. The van der Waals surface area contributed by atoms with Crippen molar-refractivity contribution in [2.24, 2.45) is 11.8 Å². The molecule has 1 aliphatic heterocycles. The van der Waals surface area contributed by atoms with Gasteiger partial charge in [-0.1, -0.05) is 6.08 Å². The maximum Gasteiger partial charge on any atom is 0.345 e. The van der Waals surface area contributed by atoms with E-state index in [0.29, 0.717) is 12.0 Å². The van der Waals surface area contributed by atoms with Gasteiger partial charge < -0.3 is 24.1 Å². The Bertz CT molecular complexity index is 739. The van der Waals surface area contributed by atoms with Gasteiger partial charge in [-0.3, -0.25) is 4.79 Å². The van der Waals surface area contributed by atoms with E-state index < -0.39 is 42.0 Å². The largest absolute Gasteiger partial charge is 0.478 e. The third-order valence-corrected chi connectivity index (χ3v) is 4.28. The number of aliphatic carboxylic acids is 1. The fraction of sp³-hybridized carbons (Fsp3) is 0.474. The van der Waals surface area contributed by atoms with Crippen molar-refractivity contribution in [3.63, 3.8) is 0 Å². The molecule has 1 aliphatic carbocycles. The zero-order valence-electron chi connectivity index (χ0n) is 15.8. The SMILES string of the molecule is CCOC(=O)C(=CC1=CCC2C(C(=O)O)=COC(OC(C)=O)C12)C(=O)OCC. The van der Waals surface area contributed by atoms with Crippen LogP contribution in [0.4, 0.5) is 0 Å². The number of ether oxygens (including phenoxy) is 4. The Hall–Kier alpha value is -3.10. The molecular weight excluding hydrogens is 372 g/mol. The molecule has 0 saturated carbocycles. The minimum absolute atomic E-state index is 0.0156. The number of carboxylic acid groups (broad SMARTS) is 1. The van der Waals surface area contributed by atoms with Crippen LogP contribution in [0, 0.1) is 11.8 Å². The predicted octanol–water partition coefficient (Wildman–Crippen LogP) is 1.49. The van der Waals surface area contributed by atoms with Crippen molar-refractivity contribution in [2.75, 3.05) is 13.2 Å². The fourth-order valence-corrected chi connectivity index (χ4v) is 3.17. The summed E-state index contributed by atoms with van der Waals surface area (Å²) in [5, 5.41) is 9.40. The molecule has 0 saturated heterocycles. The third-order valence-electron chi connectivity index (χ3n) is 4.28. The molecule has 3 atom stereocenters. The van der Waals surface area contributed by atoms with E-state index in [4.69, 9.17) is 18.9 Å². The van der Waals surface area contributed by atoms with E-state index in [1.807, 2.05) is 0 Å². The summed E-state index contributed by atoms with van der Waals surface area (Å²) in [5.41, 5.74) is 0.115. The van der Waals surface area contributed by atoms with Gasteiger partial charge in [0.25, 0.3) is 6.29 Å². The highest BCUT2D eigenvalue weighted by molar-refractivity contribution is 6.14. The lowest BCUT2D eigenvalue weighted by atomic mass is 9.83. The van der Waals surface area contributed by atoms with Crippen LogP contribution in [0.1, 0.15) is 27.2 Å². The summed E-state index contributed by atoms with van der Waals surface area (Å²) in [5.74, 6) is -4.72. The molecule has 2 rings (SSSR count). The number of esters is 3. The standard InChI is InChI=1S/C19H22O9/c1-4-25-17(23)13(18(24)26-5-2)8-11-6-7-12-14(16(21)22)9-27-19(15(11)12)28-10(3)20/h6,8-9,12,15,19H,4-5,7H2,1-3H3,(H,21,22). The summed E-state index contributed by atoms with van der Waals surface area (Å²) in [4.78, 5) is 47.3. The number of rotatable bonds is 7. The van der Waals surface area contributed by atoms with Gasteiger partial charge in [-0.05, 0) is 31.9 Å². The summed E-state index contributed by atoms with van der Waals surface area (Å²) < 4.78 is 20.3. The zero-order chi connectivity index (χ0) is 20.8. The molecule has 0 bridgehead atoms. The number of hydrogen-bond donors (Lipinski definition) is 1. The molecule has 0 aromatic rings. The minimum Gasteiger partial charge on any atom is -0.478 e. The van der Waals surface area contributed by atoms with E-state index in [1.165, 1.54) is 13.0 Å². The molecule has 1 heterocycles. The first-order valence-electron chi connectivity index (χ1n) is 8.82. The second-order valence-electron chi connectivity index (χ2n) is 6.06. The van der Waals surface area contributed by atoms with Crippen molar-refractivity contribution in [2.45, 2.75) is 33.5 Å². The number of carbonyl (C=O) groups is 4. The Morgan fingerprint density at radius 3 is 2.29 bits per heavy atom. The van der Waals surface area contributed by atoms with Crippen LogP contribution in [0.3, 0.4) is 0 Å². The Kier molecular flexibility index (Phi) is 6.97. The number of carboxylic acids is 1. The first kappa shape index (κ1) is 21.2. The Morgan fingerprint density at radius 1 is 1.18 bits per heavy atom. The van der Waals surface area contributed by atoms with E-state index >= 15 is 0 Å². The van der Waals surface area contributed by atoms with Gasteiger partial charge in [-0.15, -0.1) is 0 Å². The Balaban J connectivity index is 2.42. The van der Waals surface area contributed by atoms with E-state index in [2.05, 4.69) is 0 Å². The Morgan fingerprint density at radius 2 is 1.79 bits per heavy atom. The lowest BCUT2D eigenvalue weighted by molar-refractivity contribution is -0.179. The first-order chi connectivity index (χ1) is 13.3. The second-order valence-corrected chi connectivity index (χ2v) is 6.06. The molecule has 0 spiro atoms. The van der Waals surface area contributed by atoms with Gasteiger partial charge >= 0.3 is 23.9 Å². The zero-order valence-corrected chi connectivity index (χ0v) is 15.8. The van der Waals surface area contributed by atoms with Gasteiger partial charge in [0.15, 0.2) is 0 Å². The second kappa shape index (κ2) is 9.20. The predicted molar refractivity (Wildman–Crippen MR) is 93.4 cm³/mol. The van der Waals surface area contributed by atoms with E-state index in [9.17, 15) is 24.3 Å². The van der Waals surface area contributed by atoms with Gasteiger partial charge in [-0.25, -0.2) is 14.4 Å². The molecule has 152 valence electrons. The highest BCUT2D eigenvalue weighted by Crippen LogP contribution is 2.44. The maximum absolute atomic E-state index is 12.2. The van der Waals surface area contributed by atoms with Crippen LogP contribution in [-0.4, -0.2) is 48.5 Å². The number of carbonyl (C=O) groups excluding carboxylic acids is 3. The number of fused-ring (bicyclic) bond motifs is 1. The van der Waals surface area contributed by atoms with Crippen LogP contribution in [0.25, 0.3) is 0 Å². The van der Waals surface area contributed by atoms with Crippen LogP contribution >= 0.6 is 0 Å². The summed E-state index contributed by atoms with van der Waals surface area (Å²) in [6.07, 6.45) is 3.26. The van der Waals surface area contributed by atoms with Gasteiger partial charge in [0.05, 0.1) is 31.0 Å². The summed E-state index contributed by atoms with van der Waals surface area (Å²) in [6.45, 7) is 4.52. The lowest BCUT2D eigenvalue weighted by Crippen LogP contribution is -2.37. The fourth-order valence-electron chi connectivity index (χ4n) is 3.17. The van der Waals surface area contributed by atoms with Crippen molar-refractivity contribution in [3.8, 4) is 0 Å². The molecule has 0 aromatic heterocycles. The minimum atomic E-state index is -1.16. The summed E-state index contributed by atoms with van der Waals surface area (Å²) in [6, 6.07) is 0. The number of allylic oxidation sites excluding steroid dienone is 2. The molecule has 2 aliphatic rings. The molecule has 3 unspecified atom stereocenters. The van der Waals surface area contributed by atoms with Crippen LogP contribution < -0.4 is 0 Å².